The molecule has 2 aromatic heterocycles. The van der Waals surface area contributed by atoms with Crippen LogP contribution in [0.2, 0.25) is 0 Å². The summed E-state index contributed by atoms with van der Waals surface area (Å²) in [5.41, 5.74) is 0.692. The Morgan fingerprint density at radius 3 is 2.83 bits per heavy atom. The van der Waals surface area contributed by atoms with Crippen LogP contribution in [-0.4, -0.2) is 24.8 Å². The quantitative estimate of drug-likeness (QED) is 0.901. The third-order valence-electron chi connectivity index (χ3n) is 2.28. The number of pyridine rings is 1. The molecule has 96 valence electrons. The van der Waals surface area contributed by atoms with Crippen LogP contribution in [0.1, 0.15) is 11.5 Å². The Bertz CT molecular complexity index is 649. The molecule has 0 saturated heterocycles. The van der Waals surface area contributed by atoms with Gasteiger partial charge in [0.15, 0.2) is 9.84 Å². The van der Waals surface area contributed by atoms with Crippen LogP contribution in [0.15, 0.2) is 33.8 Å². The summed E-state index contributed by atoms with van der Waals surface area (Å²) in [6.07, 6.45) is 2.68. The van der Waals surface area contributed by atoms with Crippen molar-refractivity contribution in [3.8, 4) is 0 Å². The number of hydrogen-bond acceptors (Lipinski definition) is 6. The lowest BCUT2D eigenvalue weighted by Gasteiger charge is -2.07. The van der Waals surface area contributed by atoms with Gasteiger partial charge >= 0.3 is 0 Å². The molecule has 2 rings (SSSR count). The highest BCUT2D eigenvalue weighted by Gasteiger charge is 2.13. The smallest absolute Gasteiger partial charge is 0.179 e. The van der Waals surface area contributed by atoms with Gasteiger partial charge in [-0.25, -0.2) is 13.4 Å². The van der Waals surface area contributed by atoms with E-state index in [2.05, 4.69) is 15.5 Å². The fraction of sp³-hybridized carbons (Fsp3) is 0.273. The fourth-order valence-electron chi connectivity index (χ4n) is 1.50. The van der Waals surface area contributed by atoms with Crippen molar-refractivity contribution in [2.75, 3.05) is 11.6 Å². The van der Waals surface area contributed by atoms with E-state index in [1.165, 1.54) is 12.3 Å². The molecule has 6 nitrogen and oxygen atoms in total. The maximum atomic E-state index is 11.6. The molecule has 0 aliphatic heterocycles. The molecule has 1 N–H and O–H groups in total. The molecule has 0 spiro atoms. The van der Waals surface area contributed by atoms with Crippen molar-refractivity contribution in [2.24, 2.45) is 0 Å². The molecule has 0 aliphatic rings. The minimum Gasteiger partial charge on any atom is -0.363 e. The first-order valence-electron chi connectivity index (χ1n) is 5.28. The predicted octanol–water partition coefficient (Wildman–Crippen LogP) is 1.39. The average molecular weight is 267 g/mol. The predicted molar refractivity (Wildman–Crippen MR) is 65.9 cm³/mol. The largest absolute Gasteiger partial charge is 0.363 e. The monoisotopic (exact) mass is 267 g/mol. The number of rotatable bonds is 4. The third kappa shape index (κ3) is 2.86. The third-order valence-corrected chi connectivity index (χ3v) is 3.41. The maximum Gasteiger partial charge on any atom is 0.179 e. The van der Waals surface area contributed by atoms with Gasteiger partial charge in [-0.15, -0.1) is 0 Å². The fourth-order valence-corrected chi connectivity index (χ4v) is 2.30. The molecule has 0 aromatic carbocycles. The highest BCUT2D eigenvalue weighted by atomic mass is 32.2. The van der Waals surface area contributed by atoms with Crippen LogP contribution in [0, 0.1) is 6.92 Å². The van der Waals surface area contributed by atoms with Crippen molar-refractivity contribution in [3.63, 3.8) is 0 Å². The summed E-state index contributed by atoms with van der Waals surface area (Å²) in [5, 5.41) is 6.74. The molecular weight excluding hydrogens is 254 g/mol. The lowest BCUT2D eigenvalue weighted by atomic mass is 10.3. The van der Waals surface area contributed by atoms with E-state index in [-0.39, 0.29) is 4.90 Å². The molecule has 2 heterocycles. The summed E-state index contributed by atoms with van der Waals surface area (Å²) < 4.78 is 28.0. The lowest BCUT2D eigenvalue weighted by Crippen LogP contribution is -2.08. The average Bonchev–Trinajstić information content (AvgIpc) is 2.72. The molecule has 7 heteroatoms. The van der Waals surface area contributed by atoms with Gasteiger partial charge in [0.25, 0.3) is 0 Å². The molecule has 0 fully saturated rings. The molecule has 18 heavy (non-hydrogen) atoms. The van der Waals surface area contributed by atoms with Crippen LogP contribution in [0.4, 0.5) is 5.82 Å². The van der Waals surface area contributed by atoms with E-state index in [0.29, 0.717) is 23.8 Å². The van der Waals surface area contributed by atoms with Gasteiger partial charge in [-0.1, -0.05) is 5.16 Å². The first-order chi connectivity index (χ1) is 8.47. The minimum absolute atomic E-state index is 0.171. The Kier molecular flexibility index (Phi) is 3.33. The van der Waals surface area contributed by atoms with Crippen molar-refractivity contribution < 1.29 is 12.9 Å². The summed E-state index contributed by atoms with van der Waals surface area (Å²) in [6, 6.07) is 4.87. The number of aryl methyl sites for hydroxylation is 1. The van der Waals surface area contributed by atoms with Crippen LogP contribution in [-0.2, 0) is 16.4 Å². The van der Waals surface area contributed by atoms with Gasteiger partial charge in [-0.2, -0.15) is 0 Å². The zero-order valence-corrected chi connectivity index (χ0v) is 10.9. The Morgan fingerprint density at radius 1 is 1.44 bits per heavy atom. The van der Waals surface area contributed by atoms with Gasteiger partial charge in [0, 0.05) is 18.5 Å². The molecule has 0 saturated carbocycles. The number of hydrogen-bond donors (Lipinski definition) is 1. The molecule has 0 radical (unpaired) electrons. The van der Waals surface area contributed by atoms with E-state index in [1.807, 2.05) is 0 Å². The second-order valence-corrected chi connectivity index (χ2v) is 5.89. The number of nitrogens with zero attached hydrogens (tertiary/aromatic N) is 2. The number of sulfone groups is 1. The Hall–Kier alpha value is -1.89. The molecule has 0 bridgehead atoms. The minimum atomic E-state index is -3.30. The van der Waals surface area contributed by atoms with Crippen molar-refractivity contribution >= 4 is 15.7 Å². The summed E-state index contributed by atoms with van der Waals surface area (Å²) in [7, 11) is -3.30. The SMILES string of the molecule is Cc1cc(CNc2ncccc2S(C)(=O)=O)no1. The van der Waals surface area contributed by atoms with Gasteiger partial charge in [-0.05, 0) is 19.1 Å². The second kappa shape index (κ2) is 4.77. The van der Waals surface area contributed by atoms with E-state index >= 15 is 0 Å². The second-order valence-electron chi connectivity index (χ2n) is 3.90. The van der Waals surface area contributed by atoms with Crippen LogP contribution in [0.3, 0.4) is 0 Å². The number of anilines is 1. The lowest BCUT2D eigenvalue weighted by molar-refractivity contribution is 0.391. The molecule has 0 amide bonds. The van der Waals surface area contributed by atoms with E-state index in [9.17, 15) is 8.42 Å². The van der Waals surface area contributed by atoms with Gasteiger partial charge in [0.2, 0.25) is 0 Å². The maximum absolute atomic E-state index is 11.6. The van der Waals surface area contributed by atoms with Crippen molar-refractivity contribution in [1.29, 1.82) is 0 Å². The van der Waals surface area contributed by atoms with Crippen molar-refractivity contribution in [3.05, 3.63) is 35.9 Å². The van der Waals surface area contributed by atoms with Crippen LogP contribution in [0.5, 0.6) is 0 Å². The van der Waals surface area contributed by atoms with Gasteiger partial charge in [-0.3, -0.25) is 0 Å². The van der Waals surface area contributed by atoms with Gasteiger partial charge < -0.3 is 9.84 Å². The summed E-state index contributed by atoms with van der Waals surface area (Å²) >= 11 is 0. The van der Waals surface area contributed by atoms with Crippen LogP contribution >= 0.6 is 0 Å². The van der Waals surface area contributed by atoms with Crippen LogP contribution in [0.25, 0.3) is 0 Å². The van der Waals surface area contributed by atoms with E-state index in [4.69, 9.17) is 4.52 Å². The van der Waals surface area contributed by atoms with E-state index in [0.717, 1.165) is 6.26 Å². The summed E-state index contributed by atoms with van der Waals surface area (Å²) in [6.45, 7) is 2.15. The van der Waals surface area contributed by atoms with Gasteiger partial charge in [0.05, 0.1) is 6.54 Å². The standard InChI is InChI=1S/C11H13N3O3S/c1-8-6-9(14-17-8)7-13-11-10(18(2,15)16)4-3-5-12-11/h3-6H,7H2,1-2H3,(H,12,13). The zero-order valence-electron chi connectivity index (χ0n) is 10.0. The summed E-state index contributed by atoms with van der Waals surface area (Å²) in [5.74, 6) is 1.02. The normalized spacial score (nSPS) is 11.4. The molecular formula is C11H13N3O3S. The van der Waals surface area contributed by atoms with E-state index in [1.54, 1.807) is 19.1 Å². The van der Waals surface area contributed by atoms with Gasteiger partial charge in [0.1, 0.15) is 22.2 Å². The number of aromatic nitrogens is 2. The Balaban J connectivity index is 2.20. The zero-order chi connectivity index (χ0) is 13.2. The molecule has 0 unspecified atom stereocenters. The Morgan fingerprint density at radius 2 is 2.22 bits per heavy atom. The highest BCUT2D eigenvalue weighted by molar-refractivity contribution is 7.90. The van der Waals surface area contributed by atoms with Crippen molar-refractivity contribution in [2.45, 2.75) is 18.4 Å². The first-order valence-corrected chi connectivity index (χ1v) is 7.17. The molecule has 0 aliphatic carbocycles. The Labute approximate surface area is 105 Å². The first kappa shape index (κ1) is 12.6. The molecule has 2 aromatic rings. The topological polar surface area (TPSA) is 85.1 Å². The number of nitrogens with one attached hydrogen (secondary N) is 1. The van der Waals surface area contributed by atoms with E-state index < -0.39 is 9.84 Å². The van der Waals surface area contributed by atoms with Crippen molar-refractivity contribution in [1.82, 2.24) is 10.1 Å². The highest BCUT2D eigenvalue weighted by Crippen LogP contribution is 2.18. The molecule has 0 atom stereocenters. The van der Waals surface area contributed by atoms with Crippen LogP contribution < -0.4 is 5.32 Å². The summed E-state index contributed by atoms with van der Waals surface area (Å²) in [4.78, 5) is 4.19.